The quantitative estimate of drug-likeness (QED) is 0.759. The van der Waals surface area contributed by atoms with Gasteiger partial charge in [-0.25, -0.2) is 0 Å². The van der Waals surface area contributed by atoms with E-state index in [-0.39, 0.29) is 18.6 Å². The number of halogens is 2. The number of nitrogens with zero attached hydrogens (tertiary/aromatic N) is 1. The zero-order chi connectivity index (χ0) is 19.4. The number of carbonyl (C=O) groups is 2. The highest BCUT2D eigenvalue weighted by molar-refractivity contribution is 6.39. The highest BCUT2D eigenvalue weighted by atomic mass is 35.5. The number of hydrogen-bond acceptors (Lipinski definition) is 3. The van der Waals surface area contributed by atoms with E-state index < -0.39 is 5.91 Å². The first-order chi connectivity index (χ1) is 13.0. The van der Waals surface area contributed by atoms with Gasteiger partial charge in [-0.2, -0.15) is 0 Å². The molecule has 0 spiro atoms. The third kappa shape index (κ3) is 4.73. The van der Waals surface area contributed by atoms with Gasteiger partial charge < -0.3 is 15.0 Å². The first-order valence-electron chi connectivity index (χ1n) is 8.70. The SMILES string of the molecule is CN(CC(=O)Nc1c(Cl)cccc1Cl)C(=O)c1ccccc1OC1CCC1. The van der Waals surface area contributed by atoms with E-state index >= 15 is 0 Å². The fraction of sp³-hybridized carbons (Fsp3) is 0.300. The summed E-state index contributed by atoms with van der Waals surface area (Å²) in [5, 5.41) is 3.33. The first-order valence-corrected chi connectivity index (χ1v) is 9.46. The van der Waals surface area contributed by atoms with Crippen molar-refractivity contribution >= 4 is 40.7 Å². The normalized spacial score (nSPS) is 13.6. The fourth-order valence-electron chi connectivity index (χ4n) is 2.70. The second-order valence-electron chi connectivity index (χ2n) is 6.47. The summed E-state index contributed by atoms with van der Waals surface area (Å²) >= 11 is 12.1. The first kappa shape index (κ1) is 19.5. The molecule has 142 valence electrons. The maximum atomic E-state index is 12.8. The molecule has 2 amide bonds. The molecule has 0 heterocycles. The summed E-state index contributed by atoms with van der Waals surface area (Å²) in [5.74, 6) is -0.128. The van der Waals surface area contributed by atoms with Crippen LogP contribution in [0.3, 0.4) is 0 Å². The summed E-state index contributed by atoms with van der Waals surface area (Å²) in [6.45, 7) is -0.141. The van der Waals surface area contributed by atoms with Crippen LogP contribution in [0, 0.1) is 0 Å². The Balaban J connectivity index is 1.66. The van der Waals surface area contributed by atoms with Gasteiger partial charge in [-0.1, -0.05) is 41.4 Å². The van der Waals surface area contributed by atoms with Gasteiger partial charge in [-0.05, 0) is 43.5 Å². The maximum absolute atomic E-state index is 12.8. The van der Waals surface area contributed by atoms with Crippen molar-refractivity contribution < 1.29 is 14.3 Å². The second kappa shape index (κ2) is 8.63. The van der Waals surface area contributed by atoms with Crippen LogP contribution in [0.25, 0.3) is 0 Å². The summed E-state index contributed by atoms with van der Waals surface area (Å²) in [4.78, 5) is 26.5. The molecule has 0 aromatic heterocycles. The zero-order valence-electron chi connectivity index (χ0n) is 14.9. The summed E-state index contributed by atoms with van der Waals surface area (Å²) in [5.41, 5.74) is 0.774. The number of nitrogens with one attached hydrogen (secondary N) is 1. The molecule has 27 heavy (non-hydrogen) atoms. The predicted molar refractivity (Wildman–Crippen MR) is 107 cm³/mol. The number of ether oxygens (including phenoxy) is 1. The molecular weight excluding hydrogens is 387 g/mol. The predicted octanol–water partition coefficient (Wildman–Crippen LogP) is 4.64. The topological polar surface area (TPSA) is 58.6 Å². The fourth-order valence-corrected chi connectivity index (χ4v) is 3.20. The van der Waals surface area contributed by atoms with Crippen LogP contribution in [0.1, 0.15) is 29.6 Å². The number of hydrogen-bond donors (Lipinski definition) is 1. The van der Waals surface area contributed by atoms with Crippen LogP contribution in [0.2, 0.25) is 10.0 Å². The minimum Gasteiger partial charge on any atom is -0.490 e. The van der Waals surface area contributed by atoms with Crippen molar-refractivity contribution in [3.05, 3.63) is 58.1 Å². The molecule has 3 rings (SSSR count). The van der Waals surface area contributed by atoms with Gasteiger partial charge in [0.15, 0.2) is 0 Å². The molecule has 1 aliphatic carbocycles. The van der Waals surface area contributed by atoms with E-state index in [1.807, 2.05) is 6.07 Å². The molecule has 0 bridgehead atoms. The van der Waals surface area contributed by atoms with Gasteiger partial charge in [0.05, 0.1) is 33.9 Å². The van der Waals surface area contributed by atoms with E-state index in [4.69, 9.17) is 27.9 Å². The van der Waals surface area contributed by atoms with Crippen LogP contribution in [-0.4, -0.2) is 36.4 Å². The number of benzene rings is 2. The van der Waals surface area contributed by atoms with E-state index in [2.05, 4.69) is 5.32 Å². The summed E-state index contributed by atoms with van der Waals surface area (Å²) in [6, 6.07) is 12.0. The number of rotatable bonds is 6. The van der Waals surface area contributed by atoms with Gasteiger partial charge in [-0.15, -0.1) is 0 Å². The smallest absolute Gasteiger partial charge is 0.257 e. The van der Waals surface area contributed by atoms with Gasteiger partial charge >= 0.3 is 0 Å². The number of likely N-dealkylation sites (N-methyl/N-ethyl adjacent to an activating group) is 1. The highest BCUT2D eigenvalue weighted by Crippen LogP contribution is 2.30. The lowest BCUT2D eigenvalue weighted by atomic mass is 9.96. The van der Waals surface area contributed by atoms with Gasteiger partial charge in [0, 0.05) is 7.05 Å². The lowest BCUT2D eigenvalue weighted by Gasteiger charge is -2.28. The third-order valence-electron chi connectivity index (χ3n) is 4.42. The molecule has 0 atom stereocenters. The summed E-state index contributed by atoms with van der Waals surface area (Å²) < 4.78 is 5.90. The molecule has 1 saturated carbocycles. The average Bonchev–Trinajstić information content (AvgIpc) is 2.61. The molecule has 0 aliphatic heterocycles. The largest absolute Gasteiger partial charge is 0.490 e. The molecule has 0 unspecified atom stereocenters. The van der Waals surface area contributed by atoms with E-state index in [9.17, 15) is 9.59 Å². The van der Waals surface area contributed by atoms with Crippen molar-refractivity contribution in [2.45, 2.75) is 25.4 Å². The van der Waals surface area contributed by atoms with Crippen LogP contribution in [0.4, 0.5) is 5.69 Å². The Morgan fingerprint density at radius 2 is 1.78 bits per heavy atom. The second-order valence-corrected chi connectivity index (χ2v) is 7.29. The molecule has 1 N–H and O–H groups in total. The lowest BCUT2D eigenvalue weighted by molar-refractivity contribution is -0.116. The van der Waals surface area contributed by atoms with Crippen LogP contribution >= 0.6 is 23.2 Å². The van der Waals surface area contributed by atoms with Crippen molar-refractivity contribution in [3.63, 3.8) is 0 Å². The standard InChI is InChI=1S/C20H20Cl2N2O3/c1-24(12-18(25)23-19-15(21)9-5-10-16(19)22)20(26)14-8-2-3-11-17(14)27-13-6-4-7-13/h2-3,5,8-11,13H,4,6-7,12H2,1H3,(H,23,25). The zero-order valence-corrected chi connectivity index (χ0v) is 16.4. The lowest BCUT2D eigenvalue weighted by Crippen LogP contribution is -2.35. The molecule has 1 aliphatic rings. The van der Waals surface area contributed by atoms with Crippen LogP contribution in [-0.2, 0) is 4.79 Å². The Morgan fingerprint density at radius 1 is 1.11 bits per heavy atom. The van der Waals surface area contributed by atoms with Gasteiger partial charge in [0.2, 0.25) is 5.91 Å². The number of carbonyl (C=O) groups excluding carboxylic acids is 2. The molecule has 0 saturated heterocycles. The third-order valence-corrected chi connectivity index (χ3v) is 5.05. The number of anilines is 1. The molecule has 5 nitrogen and oxygen atoms in total. The Kier molecular flexibility index (Phi) is 6.24. The molecular formula is C20H20Cl2N2O3. The van der Waals surface area contributed by atoms with E-state index in [0.717, 1.165) is 19.3 Å². The van der Waals surface area contributed by atoms with E-state index in [1.165, 1.54) is 4.90 Å². The molecule has 7 heteroatoms. The van der Waals surface area contributed by atoms with E-state index in [1.54, 1.807) is 43.4 Å². The highest BCUT2D eigenvalue weighted by Gasteiger charge is 2.24. The van der Waals surface area contributed by atoms with Gasteiger partial charge in [0.1, 0.15) is 5.75 Å². The van der Waals surface area contributed by atoms with Crippen LogP contribution in [0.5, 0.6) is 5.75 Å². The minimum absolute atomic E-state index is 0.141. The maximum Gasteiger partial charge on any atom is 0.257 e. The van der Waals surface area contributed by atoms with Crippen LogP contribution in [0.15, 0.2) is 42.5 Å². The van der Waals surface area contributed by atoms with E-state index in [0.29, 0.717) is 27.0 Å². The number of amides is 2. The van der Waals surface area contributed by atoms with Crippen molar-refractivity contribution in [1.82, 2.24) is 4.90 Å². The monoisotopic (exact) mass is 406 g/mol. The summed E-state index contributed by atoms with van der Waals surface area (Å²) in [6.07, 6.45) is 3.31. The summed E-state index contributed by atoms with van der Waals surface area (Å²) in [7, 11) is 1.57. The Bertz CT molecular complexity index is 833. The average molecular weight is 407 g/mol. The van der Waals surface area contributed by atoms with Crippen molar-refractivity contribution in [1.29, 1.82) is 0 Å². The Morgan fingerprint density at radius 3 is 2.41 bits per heavy atom. The van der Waals surface area contributed by atoms with Gasteiger partial charge in [0.25, 0.3) is 5.91 Å². The molecule has 1 fully saturated rings. The minimum atomic E-state index is -0.391. The molecule has 2 aromatic carbocycles. The molecule has 0 radical (unpaired) electrons. The van der Waals surface area contributed by atoms with Crippen molar-refractivity contribution in [2.75, 3.05) is 18.9 Å². The van der Waals surface area contributed by atoms with Crippen molar-refractivity contribution in [3.8, 4) is 5.75 Å². The molecule has 2 aromatic rings. The Labute approximate surface area is 168 Å². The number of para-hydroxylation sites is 2. The van der Waals surface area contributed by atoms with Crippen LogP contribution < -0.4 is 10.1 Å². The van der Waals surface area contributed by atoms with Crippen molar-refractivity contribution in [2.24, 2.45) is 0 Å². The van der Waals surface area contributed by atoms with Gasteiger partial charge in [-0.3, -0.25) is 9.59 Å². The Hall–Kier alpha value is -2.24.